The molecular weight excluding hydrogens is 238 g/mol. The van der Waals surface area contributed by atoms with Gasteiger partial charge >= 0.3 is 0 Å². The lowest BCUT2D eigenvalue weighted by Gasteiger charge is -2.30. The van der Waals surface area contributed by atoms with Crippen LogP contribution in [0.3, 0.4) is 0 Å². The van der Waals surface area contributed by atoms with Crippen molar-refractivity contribution >= 4 is 10.0 Å². The molecule has 0 bridgehead atoms. The summed E-state index contributed by atoms with van der Waals surface area (Å²) in [6.07, 6.45) is 6.11. The summed E-state index contributed by atoms with van der Waals surface area (Å²) in [5.41, 5.74) is 0. The van der Waals surface area contributed by atoms with Crippen LogP contribution in [-0.2, 0) is 17.1 Å². The van der Waals surface area contributed by atoms with Gasteiger partial charge in [-0.2, -0.15) is 9.40 Å². The number of sulfonamides is 1. The molecule has 0 aliphatic carbocycles. The Morgan fingerprint density at radius 3 is 2.88 bits per heavy atom. The average Bonchev–Trinajstić information content (AvgIpc) is 2.76. The summed E-state index contributed by atoms with van der Waals surface area (Å²) in [6, 6.07) is 0. The maximum Gasteiger partial charge on any atom is 0.246 e. The lowest BCUT2D eigenvalue weighted by atomic mass is 9.97. The van der Waals surface area contributed by atoms with Crippen LogP contribution < -0.4 is 0 Å². The molecule has 0 radical (unpaired) electrons. The smallest absolute Gasteiger partial charge is 0.246 e. The molecule has 0 aromatic carbocycles. The highest BCUT2D eigenvalue weighted by Gasteiger charge is 2.30. The molecule has 2 rings (SSSR count). The standard InChI is InChI=1S/C11H19N3O2S/c1-3-10-5-4-6-14(8-10)17(15,16)11-7-12-13(2)9-11/h7,9-10H,3-6,8H2,1-2H3/t10-/m0/s1. The van der Waals surface area contributed by atoms with Gasteiger partial charge in [-0.15, -0.1) is 0 Å². The molecule has 1 aromatic heterocycles. The molecule has 0 spiro atoms. The number of piperidine rings is 1. The minimum absolute atomic E-state index is 0.303. The molecule has 96 valence electrons. The summed E-state index contributed by atoms with van der Waals surface area (Å²) < 4.78 is 27.8. The van der Waals surface area contributed by atoms with E-state index in [0.29, 0.717) is 23.9 Å². The summed E-state index contributed by atoms with van der Waals surface area (Å²) in [7, 11) is -1.61. The third-order valence-corrected chi connectivity index (χ3v) is 5.20. The number of aromatic nitrogens is 2. The molecule has 1 atom stereocenters. The Hall–Kier alpha value is -0.880. The van der Waals surface area contributed by atoms with Crippen molar-refractivity contribution in [3.63, 3.8) is 0 Å². The first-order chi connectivity index (χ1) is 8.04. The van der Waals surface area contributed by atoms with Crippen LogP contribution >= 0.6 is 0 Å². The Balaban J connectivity index is 2.21. The summed E-state index contributed by atoms with van der Waals surface area (Å²) >= 11 is 0. The molecule has 17 heavy (non-hydrogen) atoms. The topological polar surface area (TPSA) is 55.2 Å². The van der Waals surface area contributed by atoms with Gasteiger partial charge in [-0.1, -0.05) is 13.3 Å². The fraction of sp³-hybridized carbons (Fsp3) is 0.727. The lowest BCUT2D eigenvalue weighted by Crippen LogP contribution is -2.39. The Bertz CT molecular complexity index is 481. The van der Waals surface area contributed by atoms with E-state index in [9.17, 15) is 8.42 Å². The number of hydrogen-bond donors (Lipinski definition) is 0. The summed E-state index contributed by atoms with van der Waals surface area (Å²) in [4.78, 5) is 0.303. The third-order valence-electron chi connectivity index (χ3n) is 3.38. The summed E-state index contributed by atoms with van der Waals surface area (Å²) in [5, 5.41) is 3.93. The van der Waals surface area contributed by atoms with Gasteiger partial charge in [-0.25, -0.2) is 8.42 Å². The first-order valence-electron chi connectivity index (χ1n) is 6.03. The van der Waals surface area contributed by atoms with E-state index in [0.717, 1.165) is 19.3 Å². The largest absolute Gasteiger partial charge is 0.274 e. The van der Waals surface area contributed by atoms with Crippen molar-refractivity contribution in [3.05, 3.63) is 12.4 Å². The second-order valence-electron chi connectivity index (χ2n) is 4.63. The fourth-order valence-corrected chi connectivity index (χ4v) is 3.80. The van der Waals surface area contributed by atoms with Crippen LogP contribution in [0.1, 0.15) is 26.2 Å². The van der Waals surface area contributed by atoms with E-state index in [-0.39, 0.29) is 0 Å². The van der Waals surface area contributed by atoms with Crippen LogP contribution in [0, 0.1) is 5.92 Å². The zero-order valence-electron chi connectivity index (χ0n) is 10.3. The highest BCUT2D eigenvalue weighted by Crippen LogP contribution is 2.24. The summed E-state index contributed by atoms with van der Waals surface area (Å²) in [5.74, 6) is 0.496. The number of rotatable bonds is 3. The van der Waals surface area contributed by atoms with Crippen molar-refractivity contribution in [1.82, 2.24) is 14.1 Å². The van der Waals surface area contributed by atoms with Crippen LogP contribution in [0.25, 0.3) is 0 Å². The Kier molecular flexibility index (Phi) is 3.53. The Morgan fingerprint density at radius 2 is 2.29 bits per heavy atom. The quantitative estimate of drug-likeness (QED) is 0.818. The van der Waals surface area contributed by atoms with Crippen LogP contribution in [-0.4, -0.2) is 35.6 Å². The summed E-state index contributed by atoms with van der Waals surface area (Å²) in [6.45, 7) is 3.40. The van der Waals surface area contributed by atoms with E-state index in [4.69, 9.17) is 0 Å². The SMILES string of the molecule is CC[C@H]1CCCN(S(=O)(=O)c2cnn(C)c2)C1. The molecule has 1 saturated heterocycles. The molecule has 0 N–H and O–H groups in total. The Morgan fingerprint density at radius 1 is 1.53 bits per heavy atom. The van der Waals surface area contributed by atoms with E-state index in [1.165, 1.54) is 10.9 Å². The lowest BCUT2D eigenvalue weighted by molar-refractivity contribution is 0.261. The van der Waals surface area contributed by atoms with E-state index in [1.807, 2.05) is 0 Å². The van der Waals surface area contributed by atoms with E-state index in [2.05, 4.69) is 12.0 Å². The Labute approximate surface area is 102 Å². The van der Waals surface area contributed by atoms with Crippen molar-refractivity contribution < 1.29 is 8.42 Å². The predicted octanol–water partition coefficient (Wildman–Crippen LogP) is 1.23. The molecule has 2 heterocycles. The zero-order valence-corrected chi connectivity index (χ0v) is 11.2. The van der Waals surface area contributed by atoms with Crippen molar-refractivity contribution in [2.75, 3.05) is 13.1 Å². The van der Waals surface area contributed by atoms with Crippen molar-refractivity contribution in [2.45, 2.75) is 31.1 Å². The van der Waals surface area contributed by atoms with Gasteiger partial charge in [0.15, 0.2) is 0 Å². The van der Waals surface area contributed by atoms with Gasteiger partial charge in [-0.3, -0.25) is 4.68 Å². The average molecular weight is 257 g/mol. The van der Waals surface area contributed by atoms with Gasteiger partial charge in [0.25, 0.3) is 0 Å². The highest BCUT2D eigenvalue weighted by atomic mass is 32.2. The van der Waals surface area contributed by atoms with Crippen LogP contribution in [0.2, 0.25) is 0 Å². The van der Waals surface area contributed by atoms with Crippen molar-refractivity contribution in [2.24, 2.45) is 13.0 Å². The second-order valence-corrected chi connectivity index (χ2v) is 6.57. The van der Waals surface area contributed by atoms with E-state index >= 15 is 0 Å². The molecule has 6 heteroatoms. The van der Waals surface area contributed by atoms with Gasteiger partial charge < -0.3 is 0 Å². The molecular formula is C11H19N3O2S. The predicted molar refractivity (Wildman–Crippen MR) is 65.0 cm³/mol. The molecule has 0 unspecified atom stereocenters. The molecule has 1 fully saturated rings. The molecule has 1 aliphatic rings. The highest BCUT2D eigenvalue weighted by molar-refractivity contribution is 7.89. The van der Waals surface area contributed by atoms with Gasteiger partial charge in [0.05, 0.1) is 6.20 Å². The number of aryl methyl sites for hydroxylation is 1. The van der Waals surface area contributed by atoms with Crippen LogP contribution in [0.15, 0.2) is 17.3 Å². The maximum atomic E-state index is 12.3. The molecule has 1 aliphatic heterocycles. The molecule has 0 saturated carbocycles. The van der Waals surface area contributed by atoms with Gasteiger partial charge in [-0.05, 0) is 18.8 Å². The molecule has 5 nitrogen and oxygen atoms in total. The van der Waals surface area contributed by atoms with Gasteiger partial charge in [0.1, 0.15) is 4.90 Å². The van der Waals surface area contributed by atoms with Crippen molar-refractivity contribution in [3.8, 4) is 0 Å². The van der Waals surface area contributed by atoms with Gasteiger partial charge in [0, 0.05) is 26.3 Å². The van der Waals surface area contributed by atoms with E-state index in [1.54, 1.807) is 17.5 Å². The number of nitrogens with zero attached hydrogens (tertiary/aromatic N) is 3. The third kappa shape index (κ3) is 2.52. The zero-order chi connectivity index (χ0) is 12.5. The normalized spacial score (nSPS) is 22.8. The van der Waals surface area contributed by atoms with Crippen LogP contribution in [0.4, 0.5) is 0 Å². The minimum atomic E-state index is -3.33. The monoisotopic (exact) mass is 257 g/mol. The van der Waals surface area contributed by atoms with E-state index < -0.39 is 10.0 Å². The molecule has 1 aromatic rings. The first kappa shape index (κ1) is 12.6. The second kappa shape index (κ2) is 4.78. The first-order valence-corrected chi connectivity index (χ1v) is 7.47. The van der Waals surface area contributed by atoms with Crippen molar-refractivity contribution in [1.29, 1.82) is 0 Å². The van der Waals surface area contributed by atoms with Crippen LogP contribution in [0.5, 0.6) is 0 Å². The fourth-order valence-electron chi connectivity index (χ4n) is 2.26. The maximum absolute atomic E-state index is 12.3. The minimum Gasteiger partial charge on any atom is -0.274 e. The van der Waals surface area contributed by atoms with Gasteiger partial charge in [0.2, 0.25) is 10.0 Å². The number of hydrogen-bond acceptors (Lipinski definition) is 3. The molecule has 0 amide bonds.